The predicted octanol–water partition coefficient (Wildman–Crippen LogP) is 2.43. The zero-order chi connectivity index (χ0) is 13.8. The lowest BCUT2D eigenvalue weighted by molar-refractivity contribution is 0.0944. The molecule has 0 atom stereocenters. The van der Waals surface area contributed by atoms with Gasteiger partial charge in [-0.1, -0.05) is 30.3 Å². The van der Waals surface area contributed by atoms with Crippen molar-refractivity contribution in [2.24, 2.45) is 0 Å². The maximum Gasteiger partial charge on any atom is 0.254 e. The van der Waals surface area contributed by atoms with Gasteiger partial charge in [0.25, 0.3) is 11.9 Å². The molecule has 1 aromatic carbocycles. The lowest BCUT2D eigenvalue weighted by Crippen LogP contribution is -2.24. The number of carbonyl (C=O) groups excluding carboxylic acids is 1. The zero-order valence-corrected chi connectivity index (χ0v) is 9.66. The number of rotatable bonds is 3. The fourth-order valence-corrected chi connectivity index (χ4v) is 1.51. The molecule has 98 valence electrons. The lowest BCUT2D eigenvalue weighted by Gasteiger charge is -2.06. The average Bonchev–Trinajstić information content (AvgIpc) is 2.41. The SMILES string of the molecule is O=C(NCc1ccccc1)c1cc(F)nc(F)c1F. The first-order chi connectivity index (χ1) is 9.08. The van der Waals surface area contributed by atoms with Gasteiger partial charge in [-0.25, -0.2) is 4.39 Å². The zero-order valence-electron chi connectivity index (χ0n) is 9.66. The number of halogens is 3. The van der Waals surface area contributed by atoms with Crippen LogP contribution >= 0.6 is 0 Å². The van der Waals surface area contributed by atoms with Gasteiger partial charge in [0.15, 0.2) is 5.82 Å². The van der Waals surface area contributed by atoms with E-state index in [2.05, 4.69) is 10.3 Å². The van der Waals surface area contributed by atoms with Crippen molar-refractivity contribution in [1.29, 1.82) is 0 Å². The molecule has 0 saturated heterocycles. The number of benzene rings is 1. The molecule has 2 rings (SSSR count). The van der Waals surface area contributed by atoms with Gasteiger partial charge in [0.05, 0.1) is 5.56 Å². The van der Waals surface area contributed by atoms with Crippen LogP contribution in [0.4, 0.5) is 13.2 Å². The first-order valence-electron chi connectivity index (χ1n) is 5.41. The van der Waals surface area contributed by atoms with E-state index in [-0.39, 0.29) is 6.54 Å². The molecule has 2 aromatic rings. The number of amides is 1. The molecule has 0 radical (unpaired) electrons. The standard InChI is InChI=1S/C13H9F3N2O/c14-10-6-9(11(15)12(16)18-10)13(19)17-7-8-4-2-1-3-5-8/h1-6H,7H2,(H,17,19). The number of hydrogen-bond acceptors (Lipinski definition) is 2. The third kappa shape index (κ3) is 3.09. The minimum atomic E-state index is -1.63. The predicted molar refractivity (Wildman–Crippen MR) is 61.7 cm³/mol. The Morgan fingerprint density at radius 1 is 1.16 bits per heavy atom. The summed E-state index contributed by atoms with van der Waals surface area (Å²) in [6.07, 6.45) is 0. The molecule has 1 aromatic heterocycles. The van der Waals surface area contributed by atoms with Crippen LogP contribution in [0.1, 0.15) is 15.9 Å². The molecule has 19 heavy (non-hydrogen) atoms. The number of aromatic nitrogens is 1. The highest BCUT2D eigenvalue weighted by Crippen LogP contribution is 2.11. The van der Waals surface area contributed by atoms with Crippen LogP contribution in [0.3, 0.4) is 0 Å². The first kappa shape index (κ1) is 13.1. The van der Waals surface area contributed by atoms with Gasteiger partial charge in [-0.05, 0) is 5.56 Å². The van der Waals surface area contributed by atoms with E-state index in [1.54, 1.807) is 30.3 Å². The van der Waals surface area contributed by atoms with Crippen molar-refractivity contribution < 1.29 is 18.0 Å². The number of pyridine rings is 1. The Hall–Kier alpha value is -2.37. The molecule has 0 saturated carbocycles. The number of nitrogens with one attached hydrogen (secondary N) is 1. The van der Waals surface area contributed by atoms with Crippen molar-refractivity contribution in [2.45, 2.75) is 6.54 Å². The van der Waals surface area contributed by atoms with E-state index in [4.69, 9.17) is 0 Å². The Morgan fingerprint density at radius 2 is 1.84 bits per heavy atom. The van der Waals surface area contributed by atoms with E-state index >= 15 is 0 Å². The minimum Gasteiger partial charge on any atom is -0.348 e. The minimum absolute atomic E-state index is 0.130. The summed E-state index contributed by atoms with van der Waals surface area (Å²) in [5.74, 6) is -5.25. The lowest BCUT2D eigenvalue weighted by atomic mass is 10.2. The summed E-state index contributed by atoms with van der Waals surface area (Å²) in [5, 5.41) is 2.37. The van der Waals surface area contributed by atoms with E-state index in [1.807, 2.05) is 0 Å². The normalized spacial score (nSPS) is 10.3. The highest BCUT2D eigenvalue weighted by atomic mass is 19.2. The third-order valence-electron chi connectivity index (χ3n) is 2.43. The molecule has 6 heteroatoms. The van der Waals surface area contributed by atoms with Gasteiger partial charge in [0, 0.05) is 12.6 Å². The molecule has 3 nitrogen and oxygen atoms in total. The molecule has 0 fully saturated rings. The quantitative estimate of drug-likeness (QED) is 0.867. The van der Waals surface area contributed by atoms with Crippen molar-refractivity contribution >= 4 is 5.91 Å². The second-order valence-corrected chi connectivity index (χ2v) is 3.77. The monoisotopic (exact) mass is 266 g/mol. The van der Waals surface area contributed by atoms with Gasteiger partial charge in [0.1, 0.15) is 0 Å². The molecular weight excluding hydrogens is 257 g/mol. The van der Waals surface area contributed by atoms with Crippen molar-refractivity contribution in [3.8, 4) is 0 Å². The molecule has 0 aliphatic heterocycles. The Balaban J connectivity index is 2.13. The van der Waals surface area contributed by atoms with Crippen LogP contribution in [0, 0.1) is 17.7 Å². The topological polar surface area (TPSA) is 42.0 Å². The van der Waals surface area contributed by atoms with Crippen LogP contribution in [0.25, 0.3) is 0 Å². The van der Waals surface area contributed by atoms with Crippen LogP contribution in [-0.2, 0) is 6.54 Å². The Labute approximate surface area is 107 Å². The van der Waals surface area contributed by atoms with E-state index in [9.17, 15) is 18.0 Å². The highest BCUT2D eigenvalue weighted by Gasteiger charge is 2.18. The van der Waals surface area contributed by atoms with Gasteiger partial charge in [-0.3, -0.25) is 4.79 Å². The summed E-state index contributed by atoms with van der Waals surface area (Å²) in [6, 6.07) is 9.41. The number of nitrogens with zero attached hydrogens (tertiary/aromatic N) is 1. The largest absolute Gasteiger partial charge is 0.348 e. The second-order valence-electron chi connectivity index (χ2n) is 3.77. The van der Waals surface area contributed by atoms with Crippen molar-refractivity contribution in [1.82, 2.24) is 10.3 Å². The Bertz CT molecular complexity index is 602. The molecule has 1 heterocycles. The number of carbonyl (C=O) groups is 1. The van der Waals surface area contributed by atoms with Gasteiger partial charge in [0.2, 0.25) is 5.95 Å². The van der Waals surface area contributed by atoms with Gasteiger partial charge < -0.3 is 5.32 Å². The summed E-state index contributed by atoms with van der Waals surface area (Å²) >= 11 is 0. The van der Waals surface area contributed by atoms with Crippen LogP contribution < -0.4 is 5.32 Å². The first-order valence-corrected chi connectivity index (χ1v) is 5.41. The molecule has 0 spiro atoms. The molecular formula is C13H9F3N2O. The van der Waals surface area contributed by atoms with Crippen LogP contribution in [0.15, 0.2) is 36.4 Å². The smallest absolute Gasteiger partial charge is 0.254 e. The summed E-state index contributed by atoms with van der Waals surface area (Å²) in [5.41, 5.74) is 0.0761. The van der Waals surface area contributed by atoms with Crippen LogP contribution in [-0.4, -0.2) is 10.9 Å². The Kier molecular flexibility index (Phi) is 3.79. The third-order valence-corrected chi connectivity index (χ3v) is 2.43. The summed E-state index contributed by atoms with van der Waals surface area (Å²) in [6.45, 7) is 0.130. The van der Waals surface area contributed by atoms with Crippen molar-refractivity contribution in [3.05, 3.63) is 65.2 Å². The van der Waals surface area contributed by atoms with Crippen LogP contribution in [0.5, 0.6) is 0 Å². The van der Waals surface area contributed by atoms with Crippen molar-refractivity contribution in [2.75, 3.05) is 0 Å². The van der Waals surface area contributed by atoms with Gasteiger partial charge in [-0.15, -0.1) is 0 Å². The maximum atomic E-state index is 13.3. The fraction of sp³-hybridized carbons (Fsp3) is 0.0769. The summed E-state index contributed by atoms with van der Waals surface area (Å²) in [7, 11) is 0. The van der Waals surface area contributed by atoms with E-state index in [0.717, 1.165) is 5.56 Å². The van der Waals surface area contributed by atoms with E-state index in [1.165, 1.54) is 0 Å². The van der Waals surface area contributed by atoms with Crippen LogP contribution in [0.2, 0.25) is 0 Å². The Morgan fingerprint density at radius 3 is 2.53 bits per heavy atom. The molecule has 0 aliphatic carbocycles. The molecule has 0 bridgehead atoms. The van der Waals surface area contributed by atoms with Gasteiger partial charge in [-0.2, -0.15) is 13.8 Å². The van der Waals surface area contributed by atoms with E-state index < -0.39 is 29.2 Å². The summed E-state index contributed by atoms with van der Waals surface area (Å²) < 4.78 is 39.0. The fourth-order valence-electron chi connectivity index (χ4n) is 1.51. The molecule has 0 aliphatic rings. The molecule has 1 N–H and O–H groups in total. The van der Waals surface area contributed by atoms with Crippen molar-refractivity contribution in [3.63, 3.8) is 0 Å². The molecule has 1 amide bonds. The second kappa shape index (κ2) is 5.51. The summed E-state index contributed by atoms with van der Waals surface area (Å²) in [4.78, 5) is 14.3. The molecule has 0 unspecified atom stereocenters. The number of hydrogen-bond donors (Lipinski definition) is 1. The van der Waals surface area contributed by atoms with Gasteiger partial charge >= 0.3 is 0 Å². The average molecular weight is 266 g/mol. The van der Waals surface area contributed by atoms with E-state index in [0.29, 0.717) is 6.07 Å². The highest BCUT2D eigenvalue weighted by molar-refractivity contribution is 5.94. The maximum absolute atomic E-state index is 13.3.